The Morgan fingerprint density at radius 2 is 2.00 bits per heavy atom. The highest BCUT2D eigenvalue weighted by Crippen LogP contribution is 2.28. The summed E-state index contributed by atoms with van der Waals surface area (Å²) in [6.45, 7) is 3.99. The minimum Gasteiger partial charge on any atom is -0.506 e. The van der Waals surface area contributed by atoms with Crippen LogP contribution < -0.4 is 0 Å². The van der Waals surface area contributed by atoms with E-state index in [0.29, 0.717) is 28.4 Å². The molecule has 0 heterocycles. The summed E-state index contributed by atoms with van der Waals surface area (Å²) < 4.78 is 4.91. The van der Waals surface area contributed by atoms with E-state index in [1.807, 2.05) is 6.92 Å². The molecule has 0 saturated carbocycles. The number of phenolic OH excluding ortho intramolecular Hbond substituents is 1. The first-order chi connectivity index (χ1) is 10.5. The highest BCUT2D eigenvalue weighted by Gasteiger charge is 2.06. The van der Waals surface area contributed by atoms with Gasteiger partial charge in [-0.15, -0.1) is 0 Å². The maximum absolute atomic E-state index is 11.5. The van der Waals surface area contributed by atoms with Gasteiger partial charge in [-0.1, -0.05) is 11.6 Å². The molecule has 2 aromatic rings. The zero-order valence-corrected chi connectivity index (χ0v) is 13.1. The smallest absolute Gasteiger partial charge is 0.338 e. The average molecular weight is 318 g/mol. The third-order valence-corrected chi connectivity index (χ3v) is 3.26. The van der Waals surface area contributed by atoms with Gasteiger partial charge in [-0.2, -0.15) is 0 Å². The van der Waals surface area contributed by atoms with Crippen molar-refractivity contribution in [2.45, 2.75) is 13.8 Å². The minimum absolute atomic E-state index is 0.000777. The van der Waals surface area contributed by atoms with Crippen LogP contribution in [0.3, 0.4) is 0 Å². The summed E-state index contributed by atoms with van der Waals surface area (Å²) in [6, 6.07) is 10.2. The van der Waals surface area contributed by atoms with E-state index < -0.39 is 0 Å². The van der Waals surface area contributed by atoms with Crippen molar-refractivity contribution < 1.29 is 14.6 Å². The summed E-state index contributed by atoms with van der Waals surface area (Å²) in [5.74, 6) is -0.361. The van der Waals surface area contributed by atoms with Crippen LogP contribution in [-0.2, 0) is 4.74 Å². The van der Waals surface area contributed by atoms with Gasteiger partial charge in [-0.3, -0.25) is 4.99 Å². The number of carbonyl (C=O) groups is 1. The Morgan fingerprint density at radius 3 is 2.64 bits per heavy atom. The fourth-order valence-corrected chi connectivity index (χ4v) is 2.18. The molecule has 4 nitrogen and oxygen atoms in total. The van der Waals surface area contributed by atoms with E-state index in [1.165, 1.54) is 6.21 Å². The number of hydrogen-bond acceptors (Lipinski definition) is 4. The molecule has 0 unspecified atom stereocenters. The van der Waals surface area contributed by atoms with Gasteiger partial charge in [0.1, 0.15) is 5.75 Å². The molecular weight excluding hydrogens is 302 g/mol. The number of hydrogen-bond donors (Lipinski definition) is 1. The number of benzene rings is 2. The Labute approximate surface area is 134 Å². The minimum atomic E-state index is -0.360. The van der Waals surface area contributed by atoms with E-state index in [2.05, 4.69) is 4.99 Å². The SMILES string of the molecule is CCOC(=O)c1ccc(/N=C/c2cc(C)cc(Cl)c2O)cc1. The zero-order valence-electron chi connectivity index (χ0n) is 12.3. The van der Waals surface area contributed by atoms with Crippen LogP contribution in [0.1, 0.15) is 28.4 Å². The zero-order chi connectivity index (χ0) is 16.1. The molecule has 0 amide bonds. The van der Waals surface area contributed by atoms with Gasteiger partial charge in [0.05, 0.1) is 22.9 Å². The highest BCUT2D eigenvalue weighted by atomic mass is 35.5. The number of nitrogens with zero attached hydrogens (tertiary/aromatic N) is 1. The van der Waals surface area contributed by atoms with Crippen LogP contribution in [0.5, 0.6) is 5.75 Å². The van der Waals surface area contributed by atoms with Crippen molar-refractivity contribution in [3.63, 3.8) is 0 Å². The van der Waals surface area contributed by atoms with Crippen LogP contribution in [0, 0.1) is 6.92 Å². The van der Waals surface area contributed by atoms with Crippen molar-refractivity contribution >= 4 is 29.5 Å². The second-order valence-electron chi connectivity index (χ2n) is 4.71. The van der Waals surface area contributed by atoms with Gasteiger partial charge >= 0.3 is 5.97 Å². The molecule has 0 fully saturated rings. The Kier molecular flexibility index (Phi) is 5.17. The summed E-state index contributed by atoms with van der Waals surface area (Å²) in [5.41, 5.74) is 2.61. The molecule has 22 heavy (non-hydrogen) atoms. The number of halogens is 1. The van der Waals surface area contributed by atoms with Crippen molar-refractivity contribution in [2.24, 2.45) is 4.99 Å². The number of aliphatic imine (C=N–C) groups is 1. The van der Waals surface area contributed by atoms with E-state index >= 15 is 0 Å². The topological polar surface area (TPSA) is 58.9 Å². The number of aryl methyl sites for hydroxylation is 1. The van der Waals surface area contributed by atoms with Gasteiger partial charge in [-0.25, -0.2) is 4.79 Å². The summed E-state index contributed by atoms with van der Waals surface area (Å²) in [5, 5.41) is 10.2. The second-order valence-corrected chi connectivity index (χ2v) is 5.12. The van der Waals surface area contributed by atoms with Crippen molar-refractivity contribution in [3.8, 4) is 5.75 Å². The van der Waals surface area contributed by atoms with Gasteiger partial charge in [0.25, 0.3) is 0 Å². The molecule has 5 heteroatoms. The lowest BCUT2D eigenvalue weighted by Crippen LogP contribution is -2.03. The maximum atomic E-state index is 11.5. The van der Waals surface area contributed by atoms with Gasteiger partial charge < -0.3 is 9.84 Å². The number of aromatic hydroxyl groups is 1. The molecular formula is C17H16ClNO3. The van der Waals surface area contributed by atoms with Crippen LogP contribution in [0.25, 0.3) is 0 Å². The van der Waals surface area contributed by atoms with Crippen LogP contribution >= 0.6 is 11.6 Å². The van der Waals surface area contributed by atoms with Crippen LogP contribution in [0.15, 0.2) is 41.4 Å². The van der Waals surface area contributed by atoms with Crippen LogP contribution in [-0.4, -0.2) is 23.9 Å². The van der Waals surface area contributed by atoms with E-state index in [0.717, 1.165) is 5.56 Å². The lowest BCUT2D eigenvalue weighted by atomic mass is 10.1. The molecule has 0 saturated heterocycles. The first-order valence-corrected chi connectivity index (χ1v) is 7.19. The number of carbonyl (C=O) groups excluding carboxylic acids is 1. The number of phenols is 1. The molecule has 0 atom stereocenters. The Bertz CT molecular complexity index is 709. The van der Waals surface area contributed by atoms with Gasteiger partial charge in [-0.05, 0) is 55.8 Å². The number of esters is 1. The monoisotopic (exact) mass is 317 g/mol. The molecule has 0 aromatic heterocycles. The molecule has 2 aromatic carbocycles. The molecule has 0 aliphatic carbocycles. The molecule has 0 spiro atoms. The number of rotatable bonds is 4. The van der Waals surface area contributed by atoms with E-state index in [-0.39, 0.29) is 11.7 Å². The standard InChI is InChI=1S/C17H16ClNO3/c1-3-22-17(21)12-4-6-14(7-5-12)19-10-13-8-11(2)9-15(18)16(13)20/h4-10,20H,3H2,1-2H3/b19-10+. The fourth-order valence-electron chi connectivity index (χ4n) is 1.90. The van der Waals surface area contributed by atoms with E-state index in [1.54, 1.807) is 43.3 Å². The second kappa shape index (κ2) is 7.09. The van der Waals surface area contributed by atoms with Crippen molar-refractivity contribution in [2.75, 3.05) is 6.61 Å². The Hall–Kier alpha value is -2.33. The van der Waals surface area contributed by atoms with Gasteiger partial charge in [0.2, 0.25) is 0 Å². The summed E-state index contributed by atoms with van der Waals surface area (Å²) in [7, 11) is 0. The highest BCUT2D eigenvalue weighted by molar-refractivity contribution is 6.32. The van der Waals surface area contributed by atoms with Crippen molar-refractivity contribution in [1.29, 1.82) is 0 Å². The third kappa shape index (κ3) is 3.86. The lowest BCUT2D eigenvalue weighted by molar-refractivity contribution is 0.0526. The van der Waals surface area contributed by atoms with Crippen LogP contribution in [0.2, 0.25) is 5.02 Å². The summed E-state index contributed by atoms with van der Waals surface area (Å²) in [6.07, 6.45) is 1.54. The normalized spacial score (nSPS) is 10.9. The molecule has 0 bridgehead atoms. The van der Waals surface area contributed by atoms with Gasteiger partial charge in [0, 0.05) is 11.8 Å². The van der Waals surface area contributed by atoms with E-state index in [4.69, 9.17) is 16.3 Å². The van der Waals surface area contributed by atoms with Gasteiger partial charge in [0.15, 0.2) is 0 Å². The fraction of sp³-hybridized carbons (Fsp3) is 0.176. The predicted octanol–water partition coefficient (Wildman–Crippen LogP) is 4.28. The molecule has 0 radical (unpaired) electrons. The predicted molar refractivity (Wildman–Crippen MR) is 87.5 cm³/mol. The largest absolute Gasteiger partial charge is 0.506 e. The first kappa shape index (κ1) is 16.0. The van der Waals surface area contributed by atoms with E-state index in [9.17, 15) is 9.90 Å². The summed E-state index contributed by atoms with van der Waals surface area (Å²) >= 11 is 5.92. The average Bonchev–Trinajstić information content (AvgIpc) is 2.50. The van der Waals surface area contributed by atoms with Crippen molar-refractivity contribution in [1.82, 2.24) is 0 Å². The maximum Gasteiger partial charge on any atom is 0.338 e. The molecule has 114 valence electrons. The van der Waals surface area contributed by atoms with Crippen molar-refractivity contribution in [3.05, 3.63) is 58.1 Å². The quantitative estimate of drug-likeness (QED) is 0.676. The number of ether oxygens (including phenoxy) is 1. The summed E-state index contributed by atoms with van der Waals surface area (Å²) in [4.78, 5) is 15.8. The van der Waals surface area contributed by atoms with Crippen LogP contribution in [0.4, 0.5) is 5.69 Å². The molecule has 0 aliphatic rings. The molecule has 2 rings (SSSR count). The molecule has 0 aliphatic heterocycles. The third-order valence-electron chi connectivity index (χ3n) is 2.97. The Balaban J connectivity index is 2.19. The first-order valence-electron chi connectivity index (χ1n) is 6.81. The Morgan fingerprint density at radius 1 is 1.32 bits per heavy atom. The molecule has 1 N–H and O–H groups in total. The lowest BCUT2D eigenvalue weighted by Gasteiger charge is -2.04.